The van der Waals surface area contributed by atoms with E-state index in [0.717, 1.165) is 9.35 Å². The Morgan fingerprint density at radius 3 is 2.81 bits per heavy atom. The lowest BCUT2D eigenvalue weighted by Crippen LogP contribution is -2.70. The minimum absolute atomic E-state index is 0.0356. The van der Waals surface area contributed by atoms with E-state index in [1.165, 1.54) is 39.8 Å². The molecule has 1 aromatic heterocycles. The monoisotopic (exact) mass is 414 g/mol. The van der Waals surface area contributed by atoms with E-state index in [9.17, 15) is 19.5 Å². The lowest BCUT2D eigenvalue weighted by atomic mass is 10.0. The maximum absolute atomic E-state index is 12.4. The molecule has 2 amide bonds. The smallest absolute Gasteiger partial charge is 0.352 e. The maximum atomic E-state index is 12.4. The molecule has 0 aromatic carbocycles. The van der Waals surface area contributed by atoms with Gasteiger partial charge in [-0.1, -0.05) is 30.0 Å². The summed E-state index contributed by atoms with van der Waals surface area (Å²) in [6, 6.07) is -0.645. The van der Waals surface area contributed by atoms with Crippen molar-refractivity contribution in [3.8, 4) is 0 Å². The molecule has 0 saturated carbocycles. The number of nitrogens with one attached hydrogen (secondary N) is 1. The first-order valence-corrected chi connectivity index (χ1v) is 10.9. The lowest BCUT2D eigenvalue weighted by Gasteiger charge is -2.49. The second kappa shape index (κ2) is 7.97. The zero-order valence-electron chi connectivity index (χ0n) is 14.2. The van der Waals surface area contributed by atoms with Gasteiger partial charge in [-0.05, 0) is 18.9 Å². The zero-order chi connectivity index (χ0) is 18.8. The minimum Gasteiger partial charge on any atom is -0.477 e. The summed E-state index contributed by atoms with van der Waals surface area (Å²) >= 11 is 4.35. The van der Waals surface area contributed by atoms with Gasteiger partial charge in [0.05, 0.1) is 0 Å². The topological polar surface area (TPSA) is 112 Å². The first-order chi connectivity index (χ1) is 12.4. The van der Waals surface area contributed by atoms with Crippen molar-refractivity contribution in [3.63, 3.8) is 0 Å². The molecule has 26 heavy (non-hydrogen) atoms. The number of carboxylic acids is 1. The molecule has 8 nitrogen and oxygen atoms in total. The number of hydrogen-bond acceptors (Lipinski definition) is 8. The number of aryl methyl sites for hydroxylation is 1. The number of amides is 2. The molecule has 11 heteroatoms. The highest BCUT2D eigenvalue weighted by Gasteiger charge is 2.54. The molecule has 3 heterocycles. The van der Waals surface area contributed by atoms with Crippen LogP contribution in [-0.2, 0) is 14.4 Å². The van der Waals surface area contributed by atoms with Gasteiger partial charge in [0.15, 0.2) is 4.34 Å². The largest absolute Gasteiger partial charge is 0.477 e. The molecule has 0 bridgehead atoms. The highest BCUT2D eigenvalue weighted by atomic mass is 32.2. The second-order valence-corrected chi connectivity index (χ2v) is 9.35. The van der Waals surface area contributed by atoms with Gasteiger partial charge >= 0.3 is 5.97 Å². The van der Waals surface area contributed by atoms with Crippen molar-refractivity contribution in [2.45, 2.75) is 42.4 Å². The number of β-lactam (4-membered cyclic amide) rings is 1. The van der Waals surface area contributed by atoms with E-state index in [4.69, 9.17) is 0 Å². The number of aromatic nitrogens is 2. The fourth-order valence-electron chi connectivity index (χ4n) is 2.75. The van der Waals surface area contributed by atoms with Crippen molar-refractivity contribution in [2.24, 2.45) is 0 Å². The van der Waals surface area contributed by atoms with Crippen molar-refractivity contribution in [1.29, 1.82) is 0 Å². The average molecular weight is 415 g/mol. The molecule has 1 aromatic rings. The Labute approximate surface area is 162 Å². The molecule has 140 valence electrons. The van der Waals surface area contributed by atoms with Crippen LogP contribution in [0.5, 0.6) is 0 Å². The number of hydrogen-bond donors (Lipinski definition) is 2. The Morgan fingerprint density at radius 1 is 1.42 bits per heavy atom. The zero-order valence-corrected chi connectivity index (χ0v) is 16.7. The molecule has 2 N–H and O–H groups in total. The van der Waals surface area contributed by atoms with Crippen molar-refractivity contribution in [2.75, 3.05) is 11.5 Å². The van der Waals surface area contributed by atoms with Crippen LogP contribution in [0.1, 0.15) is 24.8 Å². The molecule has 2 aliphatic rings. The Morgan fingerprint density at radius 2 is 2.19 bits per heavy atom. The van der Waals surface area contributed by atoms with Gasteiger partial charge in [0.1, 0.15) is 22.1 Å². The van der Waals surface area contributed by atoms with Crippen LogP contribution in [-0.4, -0.2) is 60.9 Å². The van der Waals surface area contributed by atoms with Crippen molar-refractivity contribution >= 4 is 52.6 Å². The fraction of sp³-hybridized carbons (Fsp3) is 0.533. The average Bonchev–Trinajstić information content (AvgIpc) is 3.02. The number of aliphatic carboxylic acids is 1. The maximum Gasteiger partial charge on any atom is 0.352 e. The first-order valence-electron chi connectivity index (χ1n) is 8.04. The van der Waals surface area contributed by atoms with Gasteiger partial charge in [-0.3, -0.25) is 14.5 Å². The molecule has 1 fully saturated rings. The van der Waals surface area contributed by atoms with Gasteiger partial charge in [-0.25, -0.2) is 4.79 Å². The van der Waals surface area contributed by atoms with Crippen molar-refractivity contribution in [3.05, 3.63) is 16.3 Å². The molecular weight excluding hydrogens is 396 g/mol. The quantitative estimate of drug-likeness (QED) is 0.510. The summed E-state index contributed by atoms with van der Waals surface area (Å²) in [7, 11) is 0. The van der Waals surface area contributed by atoms with E-state index in [1.807, 2.05) is 13.8 Å². The molecule has 0 radical (unpaired) electrons. The van der Waals surface area contributed by atoms with E-state index >= 15 is 0 Å². The highest BCUT2D eigenvalue weighted by Crippen LogP contribution is 2.41. The number of carboxylic acid groups (broad SMARTS) is 1. The summed E-state index contributed by atoms with van der Waals surface area (Å²) < 4.78 is 0.770. The third kappa shape index (κ3) is 3.74. The number of carbonyl (C=O) groups is 3. The van der Waals surface area contributed by atoms with Crippen LogP contribution in [0.15, 0.2) is 15.6 Å². The van der Waals surface area contributed by atoms with E-state index < -0.39 is 12.0 Å². The van der Waals surface area contributed by atoms with Gasteiger partial charge in [0, 0.05) is 17.9 Å². The summed E-state index contributed by atoms with van der Waals surface area (Å²) in [5.74, 6) is -0.725. The number of nitrogens with zero attached hydrogens (tertiary/aromatic N) is 3. The van der Waals surface area contributed by atoms with Gasteiger partial charge in [-0.15, -0.1) is 22.0 Å². The Hall–Kier alpha value is -1.59. The molecule has 0 aliphatic carbocycles. The van der Waals surface area contributed by atoms with Gasteiger partial charge in [0.2, 0.25) is 5.91 Å². The summed E-state index contributed by atoms with van der Waals surface area (Å²) in [6.07, 6.45) is 1.05. The number of carbonyl (C=O) groups excluding carboxylic acids is 2. The molecule has 0 unspecified atom stereocenters. The SMILES string of the molecule is CCCC(=O)N[C@@H]1C(=O)N2C(C(=O)O)=C(CSc3nnc(C)s3)CS[C@H]12. The van der Waals surface area contributed by atoms with Crippen LogP contribution in [0.25, 0.3) is 0 Å². The van der Waals surface area contributed by atoms with Crippen LogP contribution in [0.4, 0.5) is 0 Å². The summed E-state index contributed by atoms with van der Waals surface area (Å²) in [5, 5.41) is 20.8. The Kier molecular flexibility index (Phi) is 5.88. The third-order valence-corrected chi connectivity index (χ3v) is 7.32. The van der Waals surface area contributed by atoms with E-state index in [2.05, 4.69) is 15.5 Å². The van der Waals surface area contributed by atoms with Gasteiger partial charge in [0.25, 0.3) is 5.91 Å². The summed E-state index contributed by atoms with van der Waals surface area (Å²) in [6.45, 7) is 3.74. The third-order valence-electron chi connectivity index (χ3n) is 3.92. The fourth-order valence-corrected chi connectivity index (χ4v) is 6.05. The highest BCUT2D eigenvalue weighted by molar-refractivity contribution is 8.01. The predicted octanol–water partition coefficient (Wildman–Crippen LogP) is 1.48. The van der Waals surface area contributed by atoms with Gasteiger partial charge in [-0.2, -0.15) is 0 Å². The van der Waals surface area contributed by atoms with Crippen LogP contribution < -0.4 is 5.32 Å². The standard InChI is InChI=1S/C15H18N4O4S3/c1-3-4-9(20)16-10-12(21)19-11(14(22)23)8(5-24-13(10)19)6-25-15-18-17-7(2)26-15/h10,13H,3-6H2,1-2H3,(H,16,20)(H,22,23)/t10-,13-/m1/s1. The normalized spacial score (nSPS) is 22.1. The van der Waals surface area contributed by atoms with E-state index in [-0.39, 0.29) is 22.9 Å². The number of thioether (sulfide) groups is 2. The summed E-state index contributed by atoms with van der Waals surface area (Å²) in [5.41, 5.74) is 0.719. The van der Waals surface area contributed by atoms with Crippen molar-refractivity contribution < 1.29 is 19.5 Å². The van der Waals surface area contributed by atoms with Crippen LogP contribution in [0.3, 0.4) is 0 Å². The van der Waals surface area contributed by atoms with Gasteiger partial charge < -0.3 is 10.4 Å². The Balaban J connectivity index is 1.73. The number of rotatable bonds is 7. The van der Waals surface area contributed by atoms with Crippen LogP contribution >= 0.6 is 34.9 Å². The first kappa shape index (κ1) is 19.2. The van der Waals surface area contributed by atoms with Crippen molar-refractivity contribution in [1.82, 2.24) is 20.4 Å². The Bertz CT molecular complexity index is 779. The summed E-state index contributed by atoms with van der Waals surface area (Å²) in [4.78, 5) is 37.3. The van der Waals surface area contributed by atoms with Crippen LogP contribution in [0.2, 0.25) is 0 Å². The molecule has 2 atom stereocenters. The molecule has 2 aliphatic heterocycles. The molecule has 3 rings (SSSR count). The van der Waals surface area contributed by atoms with Crippen LogP contribution in [0, 0.1) is 6.92 Å². The van der Waals surface area contributed by atoms with E-state index in [0.29, 0.717) is 29.9 Å². The minimum atomic E-state index is -1.12. The van der Waals surface area contributed by atoms with E-state index in [1.54, 1.807) is 0 Å². The second-order valence-electron chi connectivity index (χ2n) is 5.84. The lowest BCUT2D eigenvalue weighted by molar-refractivity contribution is -0.150. The predicted molar refractivity (Wildman–Crippen MR) is 100.0 cm³/mol. The molecular formula is C15H18N4O4S3. The molecule has 0 spiro atoms. The number of fused-ring (bicyclic) bond motifs is 1. The molecule has 1 saturated heterocycles.